The van der Waals surface area contributed by atoms with Gasteiger partial charge in [-0.15, -0.1) is 0 Å². The second-order valence-corrected chi connectivity index (χ2v) is 12.4. The van der Waals surface area contributed by atoms with Crippen LogP contribution in [0.3, 0.4) is 0 Å². The molecule has 0 fully saturated rings. The van der Waals surface area contributed by atoms with Gasteiger partial charge in [0.2, 0.25) is 0 Å². The van der Waals surface area contributed by atoms with Crippen LogP contribution in [0, 0.1) is 0 Å². The van der Waals surface area contributed by atoms with E-state index in [4.69, 9.17) is 24.9 Å². The van der Waals surface area contributed by atoms with Gasteiger partial charge in [0.1, 0.15) is 0 Å². The molecule has 0 saturated heterocycles. The lowest BCUT2D eigenvalue weighted by molar-refractivity contribution is 1.07. The summed E-state index contributed by atoms with van der Waals surface area (Å²) in [6, 6.07) is 59.4. The van der Waals surface area contributed by atoms with Crippen molar-refractivity contribution in [2.75, 3.05) is 0 Å². The zero-order valence-corrected chi connectivity index (χ0v) is 28.0. The van der Waals surface area contributed by atoms with Crippen LogP contribution in [0.1, 0.15) is 0 Å². The molecule has 244 valence electrons. The SMILES string of the molecule is c1ccc(-c2cc(-c3cccc(-c4cccc(-c5nc(-c6ccccc6)nc(-c6cnc7ccccc7c6)n5)c4)c3)nc(-c3ccccc3)n2)cc1. The van der Waals surface area contributed by atoms with Gasteiger partial charge in [-0.05, 0) is 41.5 Å². The molecule has 0 radical (unpaired) electrons. The van der Waals surface area contributed by atoms with Gasteiger partial charge in [-0.1, -0.05) is 146 Å². The Balaban J connectivity index is 1.13. The van der Waals surface area contributed by atoms with E-state index in [-0.39, 0.29) is 0 Å². The average molecular weight is 667 g/mol. The third kappa shape index (κ3) is 6.32. The van der Waals surface area contributed by atoms with Crippen molar-refractivity contribution in [3.05, 3.63) is 182 Å². The first-order valence-corrected chi connectivity index (χ1v) is 17.1. The Bertz CT molecular complexity index is 2620. The minimum Gasteiger partial charge on any atom is -0.255 e. The molecule has 6 heteroatoms. The maximum absolute atomic E-state index is 5.05. The van der Waals surface area contributed by atoms with E-state index in [9.17, 15) is 0 Å². The molecule has 0 saturated carbocycles. The van der Waals surface area contributed by atoms with Gasteiger partial charge in [0.05, 0.1) is 16.9 Å². The lowest BCUT2D eigenvalue weighted by Gasteiger charge is -2.12. The van der Waals surface area contributed by atoms with Crippen LogP contribution in [0.4, 0.5) is 0 Å². The number of para-hydroxylation sites is 1. The van der Waals surface area contributed by atoms with Crippen LogP contribution in [-0.2, 0) is 0 Å². The second kappa shape index (κ2) is 13.6. The summed E-state index contributed by atoms with van der Waals surface area (Å²) in [6.07, 6.45) is 1.83. The number of nitrogens with zero attached hydrogens (tertiary/aromatic N) is 6. The maximum Gasteiger partial charge on any atom is 0.165 e. The number of fused-ring (bicyclic) bond motifs is 1. The van der Waals surface area contributed by atoms with Gasteiger partial charge in [-0.2, -0.15) is 0 Å². The maximum atomic E-state index is 5.05. The van der Waals surface area contributed by atoms with Crippen LogP contribution in [0.2, 0.25) is 0 Å². The summed E-state index contributed by atoms with van der Waals surface area (Å²) in [4.78, 5) is 29.6. The highest BCUT2D eigenvalue weighted by atomic mass is 15.0. The largest absolute Gasteiger partial charge is 0.255 e. The van der Waals surface area contributed by atoms with Crippen molar-refractivity contribution in [3.8, 4) is 79.2 Å². The number of hydrogen-bond donors (Lipinski definition) is 0. The van der Waals surface area contributed by atoms with Gasteiger partial charge >= 0.3 is 0 Å². The second-order valence-electron chi connectivity index (χ2n) is 12.4. The highest BCUT2D eigenvalue weighted by molar-refractivity contribution is 5.83. The number of benzene rings is 6. The molecule has 3 aromatic heterocycles. The number of hydrogen-bond acceptors (Lipinski definition) is 6. The van der Waals surface area contributed by atoms with E-state index >= 15 is 0 Å². The van der Waals surface area contributed by atoms with E-state index in [1.165, 1.54) is 0 Å². The molecule has 9 rings (SSSR count). The van der Waals surface area contributed by atoms with Crippen molar-refractivity contribution in [1.29, 1.82) is 0 Å². The molecule has 52 heavy (non-hydrogen) atoms. The molecular weight excluding hydrogens is 637 g/mol. The van der Waals surface area contributed by atoms with E-state index < -0.39 is 0 Å². The summed E-state index contributed by atoms with van der Waals surface area (Å²) in [6.45, 7) is 0. The summed E-state index contributed by atoms with van der Waals surface area (Å²) in [7, 11) is 0. The number of aromatic nitrogens is 6. The fraction of sp³-hybridized carbons (Fsp3) is 0. The van der Waals surface area contributed by atoms with Gasteiger partial charge < -0.3 is 0 Å². The standard InChI is InChI=1S/C46H30N6/c1-4-14-31(15-5-1)41-29-42(49-43(48-41)32-16-6-2-7-17-32)37-23-12-21-34(26-37)35-22-13-24-38(27-35)45-50-44(33-18-8-3-9-19-33)51-46(52-45)39-28-36-20-10-11-25-40(36)47-30-39/h1-30H. The molecule has 0 unspecified atom stereocenters. The fourth-order valence-electron chi connectivity index (χ4n) is 6.31. The van der Waals surface area contributed by atoms with Gasteiger partial charge in [0.15, 0.2) is 23.3 Å². The first-order valence-electron chi connectivity index (χ1n) is 17.1. The van der Waals surface area contributed by atoms with Crippen molar-refractivity contribution in [1.82, 2.24) is 29.9 Å². The van der Waals surface area contributed by atoms with E-state index in [2.05, 4.69) is 71.7 Å². The van der Waals surface area contributed by atoms with Gasteiger partial charge in [-0.25, -0.2) is 24.9 Å². The van der Waals surface area contributed by atoms with Gasteiger partial charge in [-0.3, -0.25) is 4.98 Å². The van der Waals surface area contributed by atoms with Crippen LogP contribution < -0.4 is 0 Å². The molecule has 0 atom stereocenters. The molecule has 0 aliphatic heterocycles. The third-order valence-corrected chi connectivity index (χ3v) is 8.96. The first-order chi connectivity index (χ1) is 25.7. The summed E-state index contributed by atoms with van der Waals surface area (Å²) in [5.41, 5.74) is 10.4. The van der Waals surface area contributed by atoms with Crippen LogP contribution in [0.15, 0.2) is 182 Å². The van der Waals surface area contributed by atoms with Crippen molar-refractivity contribution in [2.24, 2.45) is 0 Å². The van der Waals surface area contributed by atoms with Crippen LogP contribution in [0.25, 0.3) is 90.1 Å². The predicted molar refractivity (Wildman–Crippen MR) is 209 cm³/mol. The summed E-state index contributed by atoms with van der Waals surface area (Å²) >= 11 is 0. The average Bonchev–Trinajstić information content (AvgIpc) is 3.24. The zero-order chi connectivity index (χ0) is 34.7. The van der Waals surface area contributed by atoms with Crippen LogP contribution in [0.5, 0.6) is 0 Å². The monoisotopic (exact) mass is 666 g/mol. The van der Waals surface area contributed by atoms with Crippen LogP contribution >= 0.6 is 0 Å². The quantitative estimate of drug-likeness (QED) is 0.168. The molecule has 0 aliphatic rings. The molecule has 0 bridgehead atoms. The number of pyridine rings is 1. The Morgan fingerprint density at radius 3 is 1.37 bits per heavy atom. The van der Waals surface area contributed by atoms with E-state index in [1.54, 1.807) is 0 Å². The minimum atomic E-state index is 0.571. The van der Waals surface area contributed by atoms with Crippen molar-refractivity contribution in [2.45, 2.75) is 0 Å². The van der Waals surface area contributed by atoms with Gasteiger partial charge in [0, 0.05) is 45.0 Å². The van der Waals surface area contributed by atoms with Crippen molar-refractivity contribution < 1.29 is 0 Å². The molecule has 0 spiro atoms. The normalized spacial score (nSPS) is 11.1. The Labute approximate surface area is 301 Å². The lowest BCUT2D eigenvalue weighted by atomic mass is 9.99. The predicted octanol–water partition coefficient (Wildman–Crippen LogP) is 10.9. The Morgan fingerprint density at radius 2 is 0.712 bits per heavy atom. The van der Waals surface area contributed by atoms with E-state index in [0.29, 0.717) is 23.3 Å². The molecular formula is C46H30N6. The Morgan fingerprint density at radius 1 is 0.269 bits per heavy atom. The minimum absolute atomic E-state index is 0.571. The molecule has 3 heterocycles. The highest BCUT2D eigenvalue weighted by Gasteiger charge is 2.15. The third-order valence-electron chi connectivity index (χ3n) is 8.96. The topological polar surface area (TPSA) is 77.3 Å². The smallest absolute Gasteiger partial charge is 0.165 e. The first kappa shape index (κ1) is 30.8. The van der Waals surface area contributed by atoms with E-state index in [1.807, 2.05) is 115 Å². The summed E-state index contributed by atoms with van der Waals surface area (Å²) in [5, 5.41) is 1.03. The van der Waals surface area contributed by atoms with Crippen molar-refractivity contribution >= 4 is 10.9 Å². The Kier molecular flexibility index (Phi) is 8.08. The molecule has 0 N–H and O–H groups in total. The van der Waals surface area contributed by atoms with Crippen molar-refractivity contribution in [3.63, 3.8) is 0 Å². The lowest BCUT2D eigenvalue weighted by Crippen LogP contribution is -2.00. The molecule has 6 nitrogen and oxygen atoms in total. The molecule has 9 aromatic rings. The summed E-state index contributed by atoms with van der Waals surface area (Å²) in [5.74, 6) is 2.45. The Hall–Kier alpha value is -7.18. The number of rotatable bonds is 7. The molecule has 0 aliphatic carbocycles. The van der Waals surface area contributed by atoms with Crippen LogP contribution in [-0.4, -0.2) is 29.9 Å². The van der Waals surface area contributed by atoms with Gasteiger partial charge in [0.25, 0.3) is 0 Å². The highest BCUT2D eigenvalue weighted by Crippen LogP contribution is 2.32. The van der Waals surface area contributed by atoms with E-state index in [0.717, 1.165) is 66.8 Å². The fourth-order valence-corrected chi connectivity index (χ4v) is 6.31. The molecule has 6 aromatic carbocycles. The summed E-state index contributed by atoms with van der Waals surface area (Å²) < 4.78 is 0. The zero-order valence-electron chi connectivity index (χ0n) is 28.0. The molecule has 0 amide bonds.